The van der Waals surface area contributed by atoms with Crippen molar-refractivity contribution in [3.8, 4) is 0 Å². The highest BCUT2D eigenvalue weighted by Crippen LogP contribution is 2.20. The van der Waals surface area contributed by atoms with Gasteiger partial charge in [0.25, 0.3) is 5.91 Å². The van der Waals surface area contributed by atoms with E-state index in [2.05, 4.69) is 9.98 Å². The molecule has 3 aromatic rings. The van der Waals surface area contributed by atoms with Crippen LogP contribution >= 0.6 is 22.7 Å². The molecule has 1 amide bonds. The number of amides is 1. The summed E-state index contributed by atoms with van der Waals surface area (Å²) in [6, 6.07) is 4.58. The molecule has 0 bridgehead atoms. The van der Waals surface area contributed by atoms with Gasteiger partial charge in [-0.2, -0.15) is 4.99 Å². The number of carbonyl (C=O) groups is 1. The summed E-state index contributed by atoms with van der Waals surface area (Å²) >= 11 is 2.63. The van der Waals surface area contributed by atoms with Crippen LogP contribution in [0.4, 0.5) is 4.39 Å². The molecule has 0 fully saturated rings. The van der Waals surface area contributed by atoms with Gasteiger partial charge in [-0.25, -0.2) is 9.37 Å². The van der Waals surface area contributed by atoms with Crippen molar-refractivity contribution in [2.75, 3.05) is 13.2 Å². The third-order valence-corrected chi connectivity index (χ3v) is 5.71. The number of thiazole rings is 2. The zero-order valence-electron chi connectivity index (χ0n) is 14.2. The Morgan fingerprint density at radius 3 is 2.84 bits per heavy atom. The fraction of sp³-hybridized carbons (Fsp3) is 0.353. The monoisotopic (exact) mass is 379 g/mol. The number of aryl methyl sites for hydroxylation is 2. The summed E-state index contributed by atoms with van der Waals surface area (Å²) in [6.45, 7) is 7.25. The molecule has 0 aliphatic heterocycles. The molecule has 1 aromatic carbocycles. The summed E-state index contributed by atoms with van der Waals surface area (Å²) in [6.07, 6.45) is 0. The lowest BCUT2D eigenvalue weighted by atomic mass is 10.3. The molecular weight excluding hydrogens is 361 g/mol. The maximum atomic E-state index is 13.5. The molecule has 3 rings (SSSR count). The van der Waals surface area contributed by atoms with Crippen LogP contribution in [0.3, 0.4) is 0 Å². The minimum Gasteiger partial charge on any atom is -0.380 e. The quantitative estimate of drug-likeness (QED) is 0.635. The lowest BCUT2D eigenvalue weighted by molar-refractivity contribution is 0.0999. The Morgan fingerprint density at radius 2 is 2.16 bits per heavy atom. The van der Waals surface area contributed by atoms with E-state index in [0.29, 0.717) is 35.1 Å². The predicted octanol–water partition coefficient (Wildman–Crippen LogP) is 3.69. The molecule has 0 spiro atoms. The highest BCUT2D eigenvalue weighted by molar-refractivity contribution is 7.16. The summed E-state index contributed by atoms with van der Waals surface area (Å²) in [5.41, 5.74) is 1.53. The average Bonchev–Trinajstić information content (AvgIpc) is 3.07. The van der Waals surface area contributed by atoms with Gasteiger partial charge >= 0.3 is 0 Å². The van der Waals surface area contributed by atoms with Gasteiger partial charge in [-0.1, -0.05) is 11.3 Å². The fourth-order valence-electron chi connectivity index (χ4n) is 2.52. The van der Waals surface area contributed by atoms with E-state index in [1.807, 2.05) is 18.4 Å². The summed E-state index contributed by atoms with van der Waals surface area (Å²) in [4.78, 5) is 22.2. The van der Waals surface area contributed by atoms with Crippen molar-refractivity contribution >= 4 is 38.8 Å². The lowest BCUT2D eigenvalue weighted by Crippen LogP contribution is -2.19. The number of halogens is 1. The third-order valence-electron chi connectivity index (χ3n) is 3.60. The van der Waals surface area contributed by atoms with Crippen LogP contribution in [0.2, 0.25) is 0 Å². The first-order valence-corrected chi connectivity index (χ1v) is 9.52. The molecular formula is C17H18FN3O2S2. The molecule has 132 valence electrons. The molecule has 0 aliphatic carbocycles. The Balaban J connectivity index is 2.08. The largest absolute Gasteiger partial charge is 0.380 e. The molecule has 2 heterocycles. The number of hydrogen-bond donors (Lipinski definition) is 0. The Morgan fingerprint density at radius 1 is 1.36 bits per heavy atom. The highest BCUT2D eigenvalue weighted by Gasteiger charge is 2.14. The van der Waals surface area contributed by atoms with Gasteiger partial charge in [0.1, 0.15) is 10.7 Å². The molecule has 2 aromatic heterocycles. The maximum Gasteiger partial charge on any atom is 0.291 e. The highest BCUT2D eigenvalue weighted by atomic mass is 32.1. The van der Waals surface area contributed by atoms with E-state index in [0.717, 1.165) is 15.2 Å². The smallest absolute Gasteiger partial charge is 0.291 e. The summed E-state index contributed by atoms with van der Waals surface area (Å²) in [7, 11) is 0. The number of benzene rings is 1. The van der Waals surface area contributed by atoms with E-state index >= 15 is 0 Å². The van der Waals surface area contributed by atoms with Crippen molar-refractivity contribution in [1.29, 1.82) is 0 Å². The number of rotatable bonds is 5. The summed E-state index contributed by atoms with van der Waals surface area (Å²) in [5.74, 6) is -0.627. The van der Waals surface area contributed by atoms with Crippen LogP contribution in [-0.2, 0) is 11.3 Å². The molecule has 25 heavy (non-hydrogen) atoms. The number of hydrogen-bond acceptors (Lipinski definition) is 5. The molecule has 0 N–H and O–H groups in total. The van der Waals surface area contributed by atoms with Crippen LogP contribution in [0.5, 0.6) is 0 Å². The van der Waals surface area contributed by atoms with Crippen LogP contribution < -0.4 is 4.80 Å². The number of aromatic nitrogens is 2. The van der Waals surface area contributed by atoms with Crippen molar-refractivity contribution < 1.29 is 13.9 Å². The van der Waals surface area contributed by atoms with E-state index in [-0.39, 0.29) is 11.7 Å². The minimum atomic E-state index is -0.319. The van der Waals surface area contributed by atoms with E-state index in [9.17, 15) is 9.18 Å². The van der Waals surface area contributed by atoms with Gasteiger partial charge in [0.2, 0.25) is 0 Å². The predicted molar refractivity (Wildman–Crippen MR) is 97.7 cm³/mol. The molecule has 0 radical (unpaired) electrons. The van der Waals surface area contributed by atoms with E-state index in [4.69, 9.17) is 4.74 Å². The number of ether oxygens (including phenoxy) is 1. The zero-order chi connectivity index (χ0) is 18.0. The first kappa shape index (κ1) is 17.9. The molecule has 5 nitrogen and oxygen atoms in total. The first-order valence-electron chi connectivity index (χ1n) is 7.89. The second-order valence-corrected chi connectivity index (χ2v) is 7.62. The standard InChI is InChI=1S/C17H18FN3O2S2/c1-4-23-8-7-21-13-6-5-12(18)9-14(13)25-17(21)20-16(22)15-10(2)19-11(3)24-15/h5-6,9H,4,7-8H2,1-3H3. The first-order chi connectivity index (χ1) is 12.0. The Labute approximate surface area is 152 Å². The van der Waals surface area contributed by atoms with Gasteiger partial charge in [-0.05, 0) is 39.0 Å². The number of carbonyl (C=O) groups excluding carboxylic acids is 1. The van der Waals surface area contributed by atoms with Crippen molar-refractivity contribution in [3.05, 3.63) is 44.4 Å². The molecule has 0 unspecified atom stereocenters. The van der Waals surface area contributed by atoms with Crippen LogP contribution in [0, 0.1) is 19.7 Å². The van der Waals surface area contributed by atoms with Gasteiger partial charge in [0.05, 0.1) is 27.5 Å². The molecule has 8 heteroatoms. The minimum absolute atomic E-state index is 0.308. The zero-order valence-corrected chi connectivity index (χ0v) is 15.8. The van der Waals surface area contributed by atoms with Crippen molar-refractivity contribution in [1.82, 2.24) is 9.55 Å². The average molecular weight is 379 g/mol. The van der Waals surface area contributed by atoms with Gasteiger partial charge in [0.15, 0.2) is 4.80 Å². The topological polar surface area (TPSA) is 56.5 Å². The second kappa shape index (κ2) is 7.55. The fourth-order valence-corrected chi connectivity index (χ4v) is 4.40. The molecule has 0 atom stereocenters. The Bertz CT molecular complexity index is 988. The molecule has 0 saturated heterocycles. The van der Waals surface area contributed by atoms with Crippen LogP contribution in [0.1, 0.15) is 27.3 Å². The maximum absolute atomic E-state index is 13.5. The SMILES string of the molecule is CCOCCn1c(=NC(=O)c2sc(C)nc2C)sc2cc(F)ccc21. The normalized spacial score (nSPS) is 12.2. The van der Waals surface area contributed by atoms with Crippen LogP contribution in [0.15, 0.2) is 23.2 Å². The van der Waals surface area contributed by atoms with E-state index < -0.39 is 0 Å². The number of fused-ring (bicyclic) bond motifs is 1. The van der Waals surface area contributed by atoms with E-state index in [1.165, 1.54) is 34.8 Å². The van der Waals surface area contributed by atoms with E-state index in [1.54, 1.807) is 13.0 Å². The number of nitrogens with zero attached hydrogens (tertiary/aromatic N) is 3. The van der Waals surface area contributed by atoms with Crippen molar-refractivity contribution in [3.63, 3.8) is 0 Å². The second-order valence-electron chi connectivity index (χ2n) is 5.41. The Hall–Kier alpha value is -1.90. The lowest BCUT2D eigenvalue weighted by Gasteiger charge is -2.05. The molecule has 0 saturated carbocycles. The Kier molecular flexibility index (Phi) is 5.41. The third kappa shape index (κ3) is 3.86. The van der Waals surface area contributed by atoms with Gasteiger partial charge in [0, 0.05) is 13.2 Å². The van der Waals surface area contributed by atoms with Crippen LogP contribution in [-0.4, -0.2) is 28.7 Å². The summed E-state index contributed by atoms with van der Waals surface area (Å²) in [5, 5.41) is 0.832. The van der Waals surface area contributed by atoms with Gasteiger partial charge in [-0.15, -0.1) is 11.3 Å². The van der Waals surface area contributed by atoms with Crippen LogP contribution in [0.25, 0.3) is 10.2 Å². The van der Waals surface area contributed by atoms with Crippen molar-refractivity contribution in [2.24, 2.45) is 4.99 Å². The van der Waals surface area contributed by atoms with Crippen molar-refractivity contribution in [2.45, 2.75) is 27.3 Å². The van der Waals surface area contributed by atoms with Gasteiger partial charge in [-0.3, -0.25) is 4.79 Å². The summed E-state index contributed by atoms with van der Waals surface area (Å²) < 4.78 is 21.6. The van der Waals surface area contributed by atoms with Gasteiger partial charge < -0.3 is 9.30 Å². The molecule has 0 aliphatic rings.